The van der Waals surface area contributed by atoms with Gasteiger partial charge in [-0.15, -0.1) is 0 Å². The van der Waals surface area contributed by atoms with Crippen LogP contribution < -0.4 is 0 Å². The summed E-state index contributed by atoms with van der Waals surface area (Å²) in [6.07, 6.45) is 0. The zero-order chi connectivity index (χ0) is 69.8. The fraction of sp³-hybridized carbons (Fsp3) is 0. The van der Waals surface area contributed by atoms with Gasteiger partial charge in [-0.25, -0.2) is 0 Å². The minimum Gasteiger partial charge on any atom is -0.309 e. The van der Waals surface area contributed by atoms with E-state index >= 15 is 0 Å². The van der Waals surface area contributed by atoms with Gasteiger partial charge >= 0.3 is 0 Å². The highest BCUT2D eigenvalue weighted by molar-refractivity contribution is 6.27. The average Bonchev–Trinajstić information content (AvgIpc) is 1.27. The largest absolute Gasteiger partial charge is 0.309 e. The van der Waals surface area contributed by atoms with Crippen molar-refractivity contribution in [2.75, 3.05) is 0 Å². The van der Waals surface area contributed by atoms with Crippen molar-refractivity contribution < 1.29 is 0 Å². The molecule has 0 aliphatic carbocycles. The maximum atomic E-state index is 2.43. The molecule has 0 fully saturated rings. The van der Waals surface area contributed by atoms with Gasteiger partial charge in [0.1, 0.15) is 0 Å². The molecule has 22 rings (SSSR count). The average molecular weight is 1340 g/mol. The van der Waals surface area contributed by atoms with Crippen LogP contribution in [0.15, 0.2) is 400 Å². The third-order valence-corrected chi connectivity index (χ3v) is 22.3. The van der Waals surface area contributed by atoms with Crippen LogP contribution in [0.25, 0.3) is 208 Å². The summed E-state index contributed by atoms with van der Waals surface area (Å²) in [6.45, 7) is 0. The van der Waals surface area contributed by atoms with Crippen LogP contribution in [-0.4, -0.2) is 9.13 Å². The van der Waals surface area contributed by atoms with E-state index in [-0.39, 0.29) is 0 Å². The standard InChI is InChI=1S/2C52H33N/c1-2-13-34(14-3-1)36-17-12-18-40(32-36)51-44-21-8-6-19-42(44)50(43-20-7-9-22-45(43)51)35-25-28-41(29-26-35)53-48-24-11-10-23-46(48)52-47-33-38-16-5-4-15-37(38)31-39(47)27-30-49(52)53;1-2-14-34(15-3-1)40-18-6-7-19-41(40)51-44-22-10-8-20-42(44)50(43-21-9-11-23-45(43)51)35-26-29-39(30-27-35)53-48-25-13-12-24-46(48)52-47-33-37-17-5-4-16-36(37)32-38(47)28-31-49(52)53/h2*1-33H. The molecule has 0 bridgehead atoms. The molecule has 0 aliphatic rings. The third kappa shape index (κ3) is 9.87. The highest BCUT2D eigenvalue weighted by atomic mass is 15.0. The number of para-hydroxylation sites is 2. The first-order chi connectivity index (χ1) is 52.6. The molecule has 0 atom stereocenters. The normalized spacial score (nSPS) is 11.8. The number of benzene rings is 20. The molecular formula is C104H66N2. The van der Waals surface area contributed by atoms with E-state index in [0.717, 1.165) is 11.4 Å². The minimum absolute atomic E-state index is 1.15. The second-order valence-electron chi connectivity index (χ2n) is 28.1. The van der Waals surface area contributed by atoms with Gasteiger partial charge in [-0.1, -0.05) is 322 Å². The van der Waals surface area contributed by atoms with Crippen molar-refractivity contribution in [3.63, 3.8) is 0 Å². The van der Waals surface area contributed by atoms with E-state index < -0.39 is 0 Å². The minimum atomic E-state index is 1.15. The first-order valence-corrected chi connectivity index (χ1v) is 36.7. The van der Waals surface area contributed by atoms with Crippen molar-refractivity contribution >= 4 is 130 Å². The molecule has 106 heavy (non-hydrogen) atoms. The number of rotatable bonds is 8. The van der Waals surface area contributed by atoms with E-state index in [4.69, 9.17) is 0 Å². The molecule has 2 aromatic heterocycles. The van der Waals surface area contributed by atoms with Crippen molar-refractivity contribution in [3.8, 4) is 78.1 Å². The molecule has 0 N–H and O–H groups in total. The Labute approximate surface area is 613 Å². The van der Waals surface area contributed by atoms with Gasteiger partial charge in [0.15, 0.2) is 0 Å². The molecule has 0 radical (unpaired) electrons. The van der Waals surface area contributed by atoms with Gasteiger partial charge in [0, 0.05) is 32.9 Å². The zero-order valence-corrected chi connectivity index (χ0v) is 58.0. The number of nitrogens with zero attached hydrogens (tertiary/aromatic N) is 2. The predicted molar refractivity (Wildman–Crippen MR) is 454 cm³/mol. The number of aromatic nitrogens is 2. The van der Waals surface area contributed by atoms with Crippen LogP contribution in [0, 0.1) is 0 Å². The lowest BCUT2D eigenvalue weighted by Gasteiger charge is -2.20. The molecule has 2 heterocycles. The summed E-state index contributed by atoms with van der Waals surface area (Å²) >= 11 is 0. The van der Waals surface area contributed by atoms with E-state index in [2.05, 4.69) is 410 Å². The van der Waals surface area contributed by atoms with Gasteiger partial charge in [0.25, 0.3) is 0 Å². The van der Waals surface area contributed by atoms with Crippen molar-refractivity contribution in [1.29, 1.82) is 0 Å². The van der Waals surface area contributed by atoms with Crippen LogP contribution in [0.4, 0.5) is 0 Å². The fourth-order valence-corrected chi connectivity index (χ4v) is 17.6. The van der Waals surface area contributed by atoms with E-state index in [9.17, 15) is 0 Å². The van der Waals surface area contributed by atoms with Gasteiger partial charge in [0.05, 0.1) is 22.1 Å². The maximum absolute atomic E-state index is 2.43. The molecule has 0 saturated heterocycles. The smallest absolute Gasteiger partial charge is 0.0547 e. The first-order valence-electron chi connectivity index (χ1n) is 36.7. The first kappa shape index (κ1) is 60.8. The quantitative estimate of drug-likeness (QED) is 0.134. The van der Waals surface area contributed by atoms with Gasteiger partial charge in [-0.2, -0.15) is 0 Å². The van der Waals surface area contributed by atoms with Crippen LogP contribution >= 0.6 is 0 Å². The molecule has 22 aromatic rings. The summed E-state index contributed by atoms with van der Waals surface area (Å²) < 4.78 is 4.87. The van der Waals surface area contributed by atoms with Gasteiger partial charge in [0.2, 0.25) is 0 Å². The van der Waals surface area contributed by atoms with Gasteiger partial charge in [-0.3, -0.25) is 0 Å². The molecule has 0 saturated carbocycles. The Morgan fingerprint density at radius 2 is 0.462 bits per heavy atom. The van der Waals surface area contributed by atoms with E-state index in [1.165, 1.54) is 197 Å². The van der Waals surface area contributed by atoms with Gasteiger partial charge < -0.3 is 9.13 Å². The Morgan fingerprint density at radius 3 is 0.896 bits per heavy atom. The van der Waals surface area contributed by atoms with E-state index in [1.807, 2.05) is 0 Å². The van der Waals surface area contributed by atoms with Crippen LogP contribution in [0.3, 0.4) is 0 Å². The predicted octanol–water partition coefficient (Wildman–Crippen LogP) is 28.8. The number of hydrogen-bond acceptors (Lipinski definition) is 0. The lowest BCUT2D eigenvalue weighted by atomic mass is 9.84. The van der Waals surface area contributed by atoms with Crippen molar-refractivity contribution in [2.24, 2.45) is 0 Å². The van der Waals surface area contributed by atoms with Crippen molar-refractivity contribution in [3.05, 3.63) is 400 Å². The topological polar surface area (TPSA) is 9.86 Å². The summed E-state index contributed by atoms with van der Waals surface area (Å²) in [5, 5.41) is 25.4. The Morgan fingerprint density at radius 1 is 0.142 bits per heavy atom. The monoisotopic (exact) mass is 1340 g/mol. The Balaban J connectivity index is 0.000000136. The van der Waals surface area contributed by atoms with Crippen LogP contribution in [-0.2, 0) is 0 Å². The summed E-state index contributed by atoms with van der Waals surface area (Å²) in [6, 6.07) is 147. The van der Waals surface area contributed by atoms with Crippen LogP contribution in [0.2, 0.25) is 0 Å². The molecule has 0 aliphatic heterocycles. The second-order valence-corrected chi connectivity index (χ2v) is 28.1. The summed E-state index contributed by atoms with van der Waals surface area (Å²) in [4.78, 5) is 0. The SMILES string of the molecule is c1ccc(-c2cccc(-c3c4ccccc4c(-c4ccc(-n5c6ccccc6c6c7cc8ccccc8cc7ccc65)cc4)c4ccccc34)c2)cc1.c1ccc(-c2ccccc2-c2c3ccccc3c(-c3ccc(-n4c5ccccc5c5c6cc7ccccc7cc6ccc54)cc3)c3ccccc23)cc1. The number of hydrogen-bond donors (Lipinski definition) is 0. The second kappa shape index (κ2) is 25.0. The summed E-state index contributed by atoms with van der Waals surface area (Å²) in [7, 11) is 0. The van der Waals surface area contributed by atoms with Crippen molar-refractivity contribution in [1.82, 2.24) is 9.13 Å². The summed E-state index contributed by atoms with van der Waals surface area (Å²) in [5.74, 6) is 0. The molecular weight excluding hydrogens is 1280 g/mol. The van der Waals surface area contributed by atoms with E-state index in [1.54, 1.807) is 0 Å². The number of fused-ring (bicyclic) bond motifs is 16. The highest BCUT2D eigenvalue weighted by Gasteiger charge is 2.23. The zero-order valence-electron chi connectivity index (χ0n) is 58.0. The Bertz CT molecular complexity index is 7170. The van der Waals surface area contributed by atoms with Crippen LogP contribution in [0.5, 0.6) is 0 Å². The Hall–Kier alpha value is -13.9. The van der Waals surface area contributed by atoms with Crippen molar-refractivity contribution in [2.45, 2.75) is 0 Å². The molecule has 492 valence electrons. The van der Waals surface area contributed by atoms with Crippen LogP contribution in [0.1, 0.15) is 0 Å². The lowest BCUT2D eigenvalue weighted by Crippen LogP contribution is -1.95. The van der Waals surface area contributed by atoms with Gasteiger partial charge in [-0.05, 0) is 232 Å². The summed E-state index contributed by atoms with van der Waals surface area (Å²) in [5.41, 5.74) is 22.1. The lowest BCUT2D eigenvalue weighted by molar-refractivity contribution is 1.18. The molecule has 2 nitrogen and oxygen atoms in total. The fourth-order valence-electron chi connectivity index (χ4n) is 17.6. The third-order valence-electron chi connectivity index (χ3n) is 22.3. The Kier molecular flexibility index (Phi) is 14.3. The molecule has 0 spiro atoms. The molecule has 20 aromatic carbocycles. The van der Waals surface area contributed by atoms with E-state index in [0.29, 0.717) is 0 Å². The molecule has 0 unspecified atom stereocenters. The highest BCUT2D eigenvalue weighted by Crippen LogP contribution is 2.49. The molecule has 2 heteroatoms. The molecule has 0 amide bonds. The maximum Gasteiger partial charge on any atom is 0.0547 e.